The quantitative estimate of drug-likeness (QED) is 0.381. The van der Waals surface area contributed by atoms with Crippen molar-refractivity contribution in [2.45, 2.75) is 4.90 Å². The normalized spacial score (nSPS) is 11.8. The molecule has 1 N–H and O–H groups in total. The van der Waals surface area contributed by atoms with E-state index in [1.807, 2.05) is 0 Å². The van der Waals surface area contributed by atoms with Crippen molar-refractivity contribution in [1.82, 2.24) is 0 Å². The number of ether oxygens (including phenoxy) is 1. The molecule has 1 heterocycles. The molecular formula is C22H17ClFNO5S2. The Balaban J connectivity index is 1.73. The minimum atomic E-state index is -3.50. The summed E-state index contributed by atoms with van der Waals surface area (Å²) in [5, 5.41) is 4.35. The number of anilines is 1. The fourth-order valence-corrected chi connectivity index (χ4v) is 4.16. The van der Waals surface area contributed by atoms with E-state index in [2.05, 4.69) is 5.32 Å². The van der Waals surface area contributed by atoms with Gasteiger partial charge in [0.2, 0.25) is 0 Å². The van der Waals surface area contributed by atoms with Gasteiger partial charge < -0.3 is 10.1 Å². The molecule has 0 atom stereocenters. The van der Waals surface area contributed by atoms with Gasteiger partial charge in [0, 0.05) is 11.1 Å². The molecule has 0 spiro atoms. The highest BCUT2D eigenvalue weighted by atomic mass is 35.5. The van der Waals surface area contributed by atoms with Crippen LogP contribution in [0.3, 0.4) is 0 Å². The zero-order chi connectivity index (χ0) is 23.3. The first-order valence-electron chi connectivity index (χ1n) is 9.11. The van der Waals surface area contributed by atoms with Gasteiger partial charge >= 0.3 is 5.97 Å². The monoisotopic (exact) mass is 493 g/mol. The number of thiophene rings is 1. The van der Waals surface area contributed by atoms with Crippen LogP contribution < -0.4 is 5.32 Å². The molecule has 3 aromatic rings. The van der Waals surface area contributed by atoms with Gasteiger partial charge in [-0.05, 0) is 53.4 Å². The van der Waals surface area contributed by atoms with E-state index in [1.54, 1.807) is 17.5 Å². The zero-order valence-electron chi connectivity index (χ0n) is 16.7. The number of hydrogen-bond acceptors (Lipinski definition) is 6. The maximum absolute atomic E-state index is 13.2. The highest BCUT2D eigenvalue weighted by Gasteiger charge is 2.18. The van der Waals surface area contributed by atoms with Crippen LogP contribution in [0.2, 0.25) is 5.02 Å². The number of benzene rings is 2. The lowest BCUT2D eigenvalue weighted by atomic mass is 10.1. The van der Waals surface area contributed by atoms with E-state index in [0.717, 1.165) is 6.26 Å². The maximum atomic E-state index is 13.2. The molecule has 3 rings (SSSR count). The Hall–Kier alpha value is -3.01. The third-order valence-corrected chi connectivity index (χ3v) is 6.50. The third kappa shape index (κ3) is 6.25. The maximum Gasteiger partial charge on any atom is 0.340 e. The number of amides is 1. The van der Waals surface area contributed by atoms with E-state index in [-0.39, 0.29) is 21.2 Å². The second kappa shape index (κ2) is 10.1. The van der Waals surface area contributed by atoms with Gasteiger partial charge in [0.05, 0.1) is 21.2 Å². The molecule has 10 heteroatoms. The topological polar surface area (TPSA) is 89.5 Å². The van der Waals surface area contributed by atoms with Crippen LogP contribution in [-0.2, 0) is 24.2 Å². The van der Waals surface area contributed by atoms with Gasteiger partial charge in [-0.1, -0.05) is 29.8 Å². The van der Waals surface area contributed by atoms with Gasteiger partial charge in [0.1, 0.15) is 5.82 Å². The van der Waals surface area contributed by atoms with Crippen LogP contribution in [0.15, 0.2) is 64.9 Å². The molecule has 2 aromatic carbocycles. The molecule has 0 aliphatic rings. The average molecular weight is 494 g/mol. The number of nitrogens with one attached hydrogen (secondary N) is 1. The van der Waals surface area contributed by atoms with Gasteiger partial charge in [-0.2, -0.15) is 0 Å². The van der Waals surface area contributed by atoms with Crippen LogP contribution >= 0.6 is 22.9 Å². The number of carbonyl (C=O) groups excluding carboxylic acids is 2. The fourth-order valence-electron chi connectivity index (χ4n) is 2.61. The van der Waals surface area contributed by atoms with Crippen LogP contribution in [0.25, 0.3) is 11.6 Å². The lowest BCUT2D eigenvalue weighted by Crippen LogP contribution is -2.21. The van der Waals surface area contributed by atoms with Crippen molar-refractivity contribution in [2.24, 2.45) is 0 Å². The molecule has 0 aliphatic heterocycles. The van der Waals surface area contributed by atoms with Gasteiger partial charge in [-0.15, -0.1) is 11.3 Å². The van der Waals surface area contributed by atoms with Crippen molar-refractivity contribution in [3.05, 3.63) is 81.3 Å². The molecule has 0 aliphatic carbocycles. The highest BCUT2D eigenvalue weighted by Crippen LogP contribution is 2.26. The molecule has 6 nitrogen and oxygen atoms in total. The zero-order valence-corrected chi connectivity index (χ0v) is 19.1. The Morgan fingerprint density at radius 1 is 1.16 bits per heavy atom. The van der Waals surface area contributed by atoms with Crippen LogP contribution in [0.5, 0.6) is 0 Å². The number of esters is 1. The summed E-state index contributed by atoms with van der Waals surface area (Å²) >= 11 is 7.33. The second-order valence-electron chi connectivity index (χ2n) is 6.62. The summed E-state index contributed by atoms with van der Waals surface area (Å²) in [6.45, 7) is -0.621. The van der Waals surface area contributed by atoms with Crippen molar-refractivity contribution in [3.8, 4) is 0 Å². The van der Waals surface area contributed by atoms with Crippen molar-refractivity contribution in [1.29, 1.82) is 0 Å². The lowest BCUT2D eigenvalue weighted by molar-refractivity contribution is -0.141. The van der Waals surface area contributed by atoms with E-state index in [9.17, 15) is 22.4 Å². The Morgan fingerprint density at radius 2 is 1.88 bits per heavy atom. The summed E-state index contributed by atoms with van der Waals surface area (Å²) in [5.74, 6) is -1.85. The van der Waals surface area contributed by atoms with Crippen LogP contribution in [-0.4, -0.2) is 33.2 Å². The first-order valence-corrected chi connectivity index (χ1v) is 12.3. The number of carbonyl (C=O) groups is 2. The smallest absolute Gasteiger partial charge is 0.340 e. The predicted octanol–water partition coefficient (Wildman–Crippen LogP) is 4.67. The molecule has 32 heavy (non-hydrogen) atoms. The summed E-state index contributed by atoms with van der Waals surface area (Å²) in [6, 6.07) is 12.9. The first-order chi connectivity index (χ1) is 15.1. The first kappa shape index (κ1) is 23.6. The summed E-state index contributed by atoms with van der Waals surface area (Å²) in [6.07, 6.45) is 2.57. The van der Waals surface area contributed by atoms with Crippen molar-refractivity contribution < 1.29 is 27.1 Å². The SMILES string of the molecule is CS(=O)(=O)c1ccc(Cl)c(NC(=O)COC(=O)C(=Cc2ccc(F)cc2)c2cccs2)c1. The minimum absolute atomic E-state index is 0.0172. The molecule has 0 fully saturated rings. The third-order valence-electron chi connectivity index (χ3n) is 4.16. The van der Waals surface area contributed by atoms with E-state index in [0.29, 0.717) is 10.4 Å². The Labute approximate surface area is 193 Å². The fraction of sp³-hybridized carbons (Fsp3) is 0.0909. The molecule has 0 saturated carbocycles. The Bertz CT molecular complexity index is 1270. The minimum Gasteiger partial charge on any atom is -0.452 e. The van der Waals surface area contributed by atoms with E-state index in [4.69, 9.17) is 16.3 Å². The number of rotatable bonds is 7. The summed E-state index contributed by atoms with van der Waals surface area (Å²) in [4.78, 5) is 25.6. The lowest BCUT2D eigenvalue weighted by Gasteiger charge is -2.10. The highest BCUT2D eigenvalue weighted by molar-refractivity contribution is 7.90. The van der Waals surface area contributed by atoms with Gasteiger partial charge in [0.25, 0.3) is 5.91 Å². The number of sulfone groups is 1. The standard InChI is InChI=1S/C22H17ClFNO5S2/c1-32(28,29)16-8-9-18(23)19(12-16)25-21(26)13-30-22(27)17(20-3-2-10-31-20)11-14-4-6-15(24)7-5-14/h2-12H,13H2,1H3,(H,25,26). The predicted molar refractivity (Wildman–Crippen MR) is 123 cm³/mol. The molecular weight excluding hydrogens is 477 g/mol. The van der Waals surface area contributed by atoms with Gasteiger partial charge in [0.15, 0.2) is 16.4 Å². The molecule has 0 bridgehead atoms. The molecule has 0 unspecified atom stereocenters. The van der Waals surface area contributed by atoms with Crippen molar-refractivity contribution in [3.63, 3.8) is 0 Å². The Morgan fingerprint density at radius 3 is 2.50 bits per heavy atom. The van der Waals surface area contributed by atoms with Gasteiger partial charge in [-0.3, -0.25) is 4.79 Å². The van der Waals surface area contributed by atoms with Crippen LogP contribution in [0.1, 0.15) is 10.4 Å². The van der Waals surface area contributed by atoms with Crippen molar-refractivity contribution in [2.75, 3.05) is 18.2 Å². The molecule has 0 radical (unpaired) electrons. The summed E-state index contributed by atoms with van der Waals surface area (Å²) in [5.41, 5.74) is 0.869. The molecule has 1 aromatic heterocycles. The molecule has 166 valence electrons. The van der Waals surface area contributed by atoms with E-state index >= 15 is 0 Å². The van der Waals surface area contributed by atoms with E-state index in [1.165, 1.54) is 59.9 Å². The van der Waals surface area contributed by atoms with Crippen LogP contribution in [0, 0.1) is 5.82 Å². The summed E-state index contributed by atoms with van der Waals surface area (Å²) in [7, 11) is -3.50. The molecule has 0 saturated heterocycles. The second-order valence-corrected chi connectivity index (χ2v) is 10.00. The van der Waals surface area contributed by atoms with Gasteiger partial charge in [-0.25, -0.2) is 17.6 Å². The van der Waals surface area contributed by atoms with Crippen LogP contribution in [0.4, 0.5) is 10.1 Å². The number of halogens is 2. The molecule has 1 amide bonds. The summed E-state index contributed by atoms with van der Waals surface area (Å²) < 4.78 is 41.7. The van der Waals surface area contributed by atoms with E-state index < -0.39 is 34.1 Å². The Kier molecular flexibility index (Phi) is 7.44. The largest absolute Gasteiger partial charge is 0.452 e. The number of hydrogen-bond donors (Lipinski definition) is 1. The van der Waals surface area contributed by atoms with Crippen molar-refractivity contribution >= 4 is 62.0 Å². The average Bonchev–Trinajstić information content (AvgIpc) is 3.27.